The first-order valence-electron chi connectivity index (χ1n) is 5.13. The van der Waals surface area contributed by atoms with E-state index in [1.165, 1.54) is 17.0 Å². The Kier molecular flexibility index (Phi) is 2.79. The lowest BCUT2D eigenvalue weighted by molar-refractivity contribution is 0.544. The standard InChI is InChI=1S/C11H11F2N3O/c1-7(2)15-6-14-16(11(15)17)10-8(12)4-3-5-9(10)13/h3-7H,1-2H3. The second-order valence-corrected chi connectivity index (χ2v) is 3.90. The molecule has 1 aromatic heterocycles. The molecule has 0 radical (unpaired) electrons. The zero-order valence-electron chi connectivity index (χ0n) is 9.39. The smallest absolute Gasteiger partial charge is 0.279 e. The van der Waals surface area contributed by atoms with Crippen LogP contribution in [0.25, 0.3) is 5.69 Å². The summed E-state index contributed by atoms with van der Waals surface area (Å²) < 4.78 is 29.0. The summed E-state index contributed by atoms with van der Waals surface area (Å²) in [6, 6.07) is 3.28. The summed E-state index contributed by atoms with van der Waals surface area (Å²) in [4.78, 5) is 11.8. The van der Waals surface area contributed by atoms with Crippen molar-refractivity contribution >= 4 is 0 Å². The third kappa shape index (κ3) is 1.86. The van der Waals surface area contributed by atoms with Crippen molar-refractivity contribution in [2.75, 3.05) is 0 Å². The van der Waals surface area contributed by atoms with Gasteiger partial charge in [0.15, 0.2) is 11.6 Å². The highest BCUT2D eigenvalue weighted by Crippen LogP contribution is 2.14. The number of hydrogen-bond acceptors (Lipinski definition) is 2. The molecular weight excluding hydrogens is 228 g/mol. The van der Waals surface area contributed by atoms with Crippen LogP contribution >= 0.6 is 0 Å². The zero-order valence-corrected chi connectivity index (χ0v) is 9.39. The van der Waals surface area contributed by atoms with Gasteiger partial charge in [-0.1, -0.05) is 6.07 Å². The Morgan fingerprint density at radius 3 is 2.29 bits per heavy atom. The van der Waals surface area contributed by atoms with Crippen LogP contribution < -0.4 is 5.69 Å². The SMILES string of the molecule is CC(C)n1cnn(-c2c(F)cccc2F)c1=O. The predicted octanol–water partition coefficient (Wildman–Crippen LogP) is 1.89. The molecule has 0 unspecified atom stereocenters. The molecule has 4 nitrogen and oxygen atoms in total. The van der Waals surface area contributed by atoms with E-state index in [0.29, 0.717) is 0 Å². The average molecular weight is 239 g/mol. The minimum atomic E-state index is -0.818. The van der Waals surface area contributed by atoms with Gasteiger partial charge in [0.25, 0.3) is 0 Å². The van der Waals surface area contributed by atoms with Gasteiger partial charge in [0.2, 0.25) is 0 Å². The predicted molar refractivity (Wildman–Crippen MR) is 58.1 cm³/mol. The Balaban J connectivity index is 2.66. The van der Waals surface area contributed by atoms with E-state index in [1.54, 1.807) is 13.8 Å². The molecule has 6 heteroatoms. The highest BCUT2D eigenvalue weighted by atomic mass is 19.1. The molecule has 90 valence electrons. The number of benzene rings is 1. The van der Waals surface area contributed by atoms with Crippen molar-refractivity contribution in [3.8, 4) is 5.69 Å². The molecule has 1 aromatic carbocycles. The Labute approximate surface area is 96.1 Å². The van der Waals surface area contributed by atoms with Crippen LogP contribution in [0.3, 0.4) is 0 Å². The van der Waals surface area contributed by atoms with Crippen LogP contribution in [0.4, 0.5) is 8.78 Å². The van der Waals surface area contributed by atoms with Gasteiger partial charge in [-0.15, -0.1) is 0 Å². The monoisotopic (exact) mass is 239 g/mol. The Morgan fingerprint density at radius 1 is 1.24 bits per heavy atom. The van der Waals surface area contributed by atoms with E-state index in [2.05, 4.69) is 5.10 Å². The van der Waals surface area contributed by atoms with Crippen molar-refractivity contribution in [1.29, 1.82) is 0 Å². The molecule has 2 rings (SSSR count). The van der Waals surface area contributed by atoms with E-state index < -0.39 is 23.0 Å². The molecule has 0 saturated heterocycles. The maximum Gasteiger partial charge on any atom is 0.350 e. The maximum absolute atomic E-state index is 13.5. The lowest BCUT2D eigenvalue weighted by Gasteiger charge is -2.04. The number of para-hydroxylation sites is 1. The summed E-state index contributed by atoms with van der Waals surface area (Å²) in [6.07, 6.45) is 1.26. The van der Waals surface area contributed by atoms with Crippen LogP contribution in [0.1, 0.15) is 19.9 Å². The fraction of sp³-hybridized carbons (Fsp3) is 0.273. The largest absolute Gasteiger partial charge is 0.350 e. The van der Waals surface area contributed by atoms with E-state index in [1.807, 2.05) is 0 Å². The van der Waals surface area contributed by atoms with Gasteiger partial charge in [0.1, 0.15) is 12.0 Å². The van der Waals surface area contributed by atoms with Gasteiger partial charge in [0.05, 0.1) is 0 Å². The molecule has 17 heavy (non-hydrogen) atoms. The molecule has 0 amide bonds. The van der Waals surface area contributed by atoms with Crippen LogP contribution in [0.15, 0.2) is 29.3 Å². The van der Waals surface area contributed by atoms with Crippen LogP contribution in [-0.2, 0) is 0 Å². The summed E-state index contributed by atoms with van der Waals surface area (Å²) in [6.45, 7) is 3.57. The molecule has 0 aliphatic heterocycles. The minimum Gasteiger partial charge on any atom is -0.279 e. The van der Waals surface area contributed by atoms with Crippen molar-refractivity contribution < 1.29 is 8.78 Å². The molecule has 2 aromatic rings. The molecular formula is C11H11F2N3O. The fourth-order valence-electron chi connectivity index (χ4n) is 1.51. The second-order valence-electron chi connectivity index (χ2n) is 3.90. The van der Waals surface area contributed by atoms with Gasteiger partial charge >= 0.3 is 5.69 Å². The van der Waals surface area contributed by atoms with Gasteiger partial charge < -0.3 is 0 Å². The molecule has 0 fully saturated rings. The minimum absolute atomic E-state index is 0.119. The third-order valence-electron chi connectivity index (χ3n) is 2.40. The molecule has 1 heterocycles. The molecule has 0 spiro atoms. The molecule has 0 aliphatic rings. The van der Waals surface area contributed by atoms with E-state index >= 15 is 0 Å². The van der Waals surface area contributed by atoms with E-state index in [9.17, 15) is 13.6 Å². The van der Waals surface area contributed by atoms with E-state index in [4.69, 9.17) is 0 Å². The highest BCUT2D eigenvalue weighted by Gasteiger charge is 2.16. The van der Waals surface area contributed by atoms with Crippen LogP contribution in [0.2, 0.25) is 0 Å². The number of hydrogen-bond donors (Lipinski definition) is 0. The summed E-state index contributed by atoms with van der Waals surface area (Å²) in [5, 5.41) is 3.72. The lowest BCUT2D eigenvalue weighted by Crippen LogP contribution is -2.26. The van der Waals surface area contributed by atoms with Gasteiger partial charge in [-0.25, -0.2) is 13.6 Å². The quantitative estimate of drug-likeness (QED) is 0.802. The number of rotatable bonds is 2. The first-order chi connectivity index (χ1) is 8.02. The first kappa shape index (κ1) is 11.5. The Morgan fingerprint density at radius 2 is 1.82 bits per heavy atom. The summed E-state index contributed by atoms with van der Waals surface area (Å²) in [5.41, 5.74) is -1.01. The van der Waals surface area contributed by atoms with E-state index in [-0.39, 0.29) is 6.04 Å². The van der Waals surface area contributed by atoms with Gasteiger partial charge in [0, 0.05) is 6.04 Å². The van der Waals surface area contributed by atoms with Gasteiger partial charge in [-0.2, -0.15) is 9.78 Å². The molecule has 0 N–H and O–H groups in total. The second kappa shape index (κ2) is 4.12. The molecule has 0 aliphatic carbocycles. The molecule has 0 saturated carbocycles. The van der Waals surface area contributed by atoms with Crippen molar-refractivity contribution in [1.82, 2.24) is 14.3 Å². The Bertz CT molecular complexity index is 581. The maximum atomic E-state index is 13.5. The third-order valence-corrected chi connectivity index (χ3v) is 2.40. The average Bonchev–Trinajstić information content (AvgIpc) is 2.61. The summed E-state index contributed by atoms with van der Waals surface area (Å²) in [5.74, 6) is -1.64. The fourth-order valence-corrected chi connectivity index (χ4v) is 1.51. The Hall–Kier alpha value is -1.98. The van der Waals surface area contributed by atoms with Crippen LogP contribution in [0.5, 0.6) is 0 Å². The molecule has 0 atom stereocenters. The topological polar surface area (TPSA) is 39.8 Å². The number of nitrogens with zero attached hydrogens (tertiary/aromatic N) is 3. The van der Waals surface area contributed by atoms with Crippen molar-refractivity contribution in [3.63, 3.8) is 0 Å². The van der Waals surface area contributed by atoms with Crippen molar-refractivity contribution in [2.24, 2.45) is 0 Å². The summed E-state index contributed by atoms with van der Waals surface area (Å²) in [7, 11) is 0. The molecule has 0 bridgehead atoms. The first-order valence-corrected chi connectivity index (χ1v) is 5.13. The normalized spacial score (nSPS) is 11.1. The highest BCUT2D eigenvalue weighted by molar-refractivity contribution is 5.33. The van der Waals surface area contributed by atoms with Crippen LogP contribution in [0, 0.1) is 11.6 Å². The zero-order chi connectivity index (χ0) is 12.6. The van der Waals surface area contributed by atoms with Crippen LogP contribution in [-0.4, -0.2) is 14.3 Å². The van der Waals surface area contributed by atoms with Crippen molar-refractivity contribution in [2.45, 2.75) is 19.9 Å². The summed E-state index contributed by atoms with van der Waals surface area (Å²) >= 11 is 0. The number of aromatic nitrogens is 3. The lowest BCUT2D eigenvalue weighted by atomic mass is 10.3. The van der Waals surface area contributed by atoms with Gasteiger partial charge in [-0.3, -0.25) is 4.57 Å². The van der Waals surface area contributed by atoms with E-state index in [0.717, 1.165) is 16.8 Å². The van der Waals surface area contributed by atoms with Gasteiger partial charge in [-0.05, 0) is 26.0 Å². The number of halogens is 2. The van der Waals surface area contributed by atoms with Crippen molar-refractivity contribution in [3.05, 3.63) is 46.6 Å².